The SMILES string of the molecule is O=C(OCCN1CCCCC1)c1ccc(C(=O)OCCN2CCNCC2)cc1. The molecular weight excluding hydrogens is 358 g/mol. The molecule has 0 saturated carbocycles. The van der Waals surface area contributed by atoms with E-state index in [1.54, 1.807) is 24.3 Å². The van der Waals surface area contributed by atoms with Crippen LogP contribution in [0, 0.1) is 0 Å². The van der Waals surface area contributed by atoms with E-state index >= 15 is 0 Å². The Morgan fingerprint density at radius 2 is 1.21 bits per heavy atom. The number of esters is 2. The number of piperidine rings is 1. The minimum absolute atomic E-state index is 0.351. The van der Waals surface area contributed by atoms with E-state index in [0.717, 1.165) is 52.4 Å². The smallest absolute Gasteiger partial charge is 0.338 e. The molecular formula is C21H31N3O4. The normalized spacial score (nSPS) is 18.6. The number of carbonyl (C=O) groups excluding carboxylic acids is 2. The number of piperazine rings is 1. The van der Waals surface area contributed by atoms with Gasteiger partial charge >= 0.3 is 11.9 Å². The van der Waals surface area contributed by atoms with E-state index in [9.17, 15) is 9.59 Å². The summed E-state index contributed by atoms with van der Waals surface area (Å²) >= 11 is 0. The van der Waals surface area contributed by atoms with Gasteiger partial charge in [-0.1, -0.05) is 6.42 Å². The van der Waals surface area contributed by atoms with Crippen molar-refractivity contribution in [1.29, 1.82) is 0 Å². The number of hydrogen-bond acceptors (Lipinski definition) is 7. The van der Waals surface area contributed by atoms with Crippen LogP contribution in [0.3, 0.4) is 0 Å². The molecule has 0 aromatic heterocycles. The summed E-state index contributed by atoms with van der Waals surface area (Å²) in [6.45, 7) is 8.38. The third-order valence-electron chi connectivity index (χ3n) is 5.30. The molecule has 7 nitrogen and oxygen atoms in total. The summed E-state index contributed by atoms with van der Waals surface area (Å²) in [5, 5.41) is 3.29. The standard InChI is InChI=1S/C21H31N3O4/c25-20(27-16-14-23-10-2-1-3-11-23)18-4-6-19(7-5-18)21(26)28-17-15-24-12-8-22-9-13-24/h4-7,22H,1-3,8-17H2. The molecule has 2 saturated heterocycles. The van der Waals surface area contributed by atoms with Gasteiger partial charge in [0.2, 0.25) is 0 Å². The molecule has 1 N–H and O–H groups in total. The van der Waals surface area contributed by atoms with Gasteiger partial charge in [0.25, 0.3) is 0 Å². The van der Waals surface area contributed by atoms with Gasteiger partial charge in [-0.3, -0.25) is 9.80 Å². The van der Waals surface area contributed by atoms with Crippen LogP contribution < -0.4 is 5.32 Å². The lowest BCUT2D eigenvalue weighted by Gasteiger charge is -2.26. The van der Waals surface area contributed by atoms with Gasteiger partial charge in [0.05, 0.1) is 11.1 Å². The van der Waals surface area contributed by atoms with Crippen molar-refractivity contribution in [2.45, 2.75) is 19.3 Å². The van der Waals surface area contributed by atoms with Crippen LogP contribution >= 0.6 is 0 Å². The van der Waals surface area contributed by atoms with Gasteiger partial charge < -0.3 is 14.8 Å². The molecule has 0 atom stereocenters. The molecule has 0 unspecified atom stereocenters. The van der Waals surface area contributed by atoms with Gasteiger partial charge in [-0.25, -0.2) is 9.59 Å². The Balaban J connectivity index is 1.36. The third-order valence-corrected chi connectivity index (χ3v) is 5.30. The highest BCUT2D eigenvalue weighted by Crippen LogP contribution is 2.10. The van der Waals surface area contributed by atoms with Crippen LogP contribution in [0.2, 0.25) is 0 Å². The number of hydrogen-bond donors (Lipinski definition) is 1. The van der Waals surface area contributed by atoms with Gasteiger partial charge in [-0.15, -0.1) is 0 Å². The largest absolute Gasteiger partial charge is 0.461 e. The number of likely N-dealkylation sites (tertiary alicyclic amines) is 1. The second-order valence-electron chi connectivity index (χ2n) is 7.34. The minimum Gasteiger partial charge on any atom is -0.461 e. The first-order chi connectivity index (χ1) is 13.7. The first-order valence-electron chi connectivity index (χ1n) is 10.3. The summed E-state index contributed by atoms with van der Waals surface area (Å²) in [7, 11) is 0. The van der Waals surface area contributed by atoms with Crippen molar-refractivity contribution in [1.82, 2.24) is 15.1 Å². The zero-order valence-electron chi connectivity index (χ0n) is 16.5. The first-order valence-corrected chi connectivity index (χ1v) is 10.3. The van der Waals surface area contributed by atoms with Gasteiger partial charge in [0, 0.05) is 39.3 Å². The summed E-state index contributed by atoms with van der Waals surface area (Å²) < 4.78 is 10.7. The van der Waals surface area contributed by atoms with E-state index in [0.29, 0.717) is 24.3 Å². The Bertz CT molecular complexity index is 568. The number of rotatable bonds is 8. The quantitative estimate of drug-likeness (QED) is 0.674. The molecule has 1 aromatic carbocycles. The number of carbonyl (C=O) groups is 2. The van der Waals surface area contributed by atoms with Crippen molar-refractivity contribution in [3.05, 3.63) is 35.4 Å². The van der Waals surface area contributed by atoms with Gasteiger partial charge in [-0.2, -0.15) is 0 Å². The van der Waals surface area contributed by atoms with E-state index in [1.165, 1.54) is 19.3 Å². The van der Waals surface area contributed by atoms with Crippen LogP contribution in [-0.2, 0) is 9.47 Å². The molecule has 2 aliphatic rings. The fourth-order valence-corrected chi connectivity index (χ4v) is 3.56. The average molecular weight is 389 g/mol. The maximum Gasteiger partial charge on any atom is 0.338 e. The number of nitrogens with zero attached hydrogens (tertiary/aromatic N) is 2. The lowest BCUT2D eigenvalue weighted by Crippen LogP contribution is -2.44. The molecule has 0 radical (unpaired) electrons. The zero-order chi connectivity index (χ0) is 19.6. The van der Waals surface area contributed by atoms with E-state index in [2.05, 4.69) is 15.1 Å². The Labute approximate surface area is 167 Å². The van der Waals surface area contributed by atoms with Gasteiger partial charge in [0.15, 0.2) is 0 Å². The predicted octanol–water partition coefficient (Wildman–Crippen LogP) is 1.39. The molecule has 3 rings (SSSR count). The minimum atomic E-state index is -0.361. The molecule has 0 spiro atoms. The maximum absolute atomic E-state index is 12.1. The van der Waals surface area contributed by atoms with Crippen LogP contribution in [0.5, 0.6) is 0 Å². The van der Waals surface area contributed by atoms with Crippen LogP contribution in [0.15, 0.2) is 24.3 Å². The molecule has 1 aromatic rings. The summed E-state index contributed by atoms with van der Waals surface area (Å²) in [6.07, 6.45) is 3.74. The molecule has 2 fully saturated rings. The molecule has 0 aliphatic carbocycles. The summed E-state index contributed by atoms with van der Waals surface area (Å²) in [5.74, 6) is -0.712. The van der Waals surface area contributed by atoms with Gasteiger partial charge in [0.1, 0.15) is 13.2 Å². The van der Waals surface area contributed by atoms with Crippen LogP contribution in [-0.4, -0.2) is 87.3 Å². The Kier molecular flexibility index (Phi) is 8.26. The Hall–Kier alpha value is -1.96. The highest BCUT2D eigenvalue weighted by Gasteiger charge is 2.14. The van der Waals surface area contributed by atoms with E-state index < -0.39 is 0 Å². The summed E-state index contributed by atoms with van der Waals surface area (Å²) in [6, 6.07) is 6.48. The predicted molar refractivity (Wildman–Crippen MR) is 107 cm³/mol. The fraction of sp³-hybridized carbons (Fsp3) is 0.619. The van der Waals surface area contributed by atoms with E-state index in [1.807, 2.05) is 0 Å². The zero-order valence-corrected chi connectivity index (χ0v) is 16.5. The highest BCUT2D eigenvalue weighted by molar-refractivity contribution is 5.93. The molecule has 154 valence electrons. The molecule has 2 aliphatic heterocycles. The first kappa shape index (κ1) is 20.8. The molecule has 7 heteroatoms. The molecule has 2 heterocycles. The van der Waals surface area contributed by atoms with Crippen LogP contribution in [0.25, 0.3) is 0 Å². The summed E-state index contributed by atoms with van der Waals surface area (Å²) in [5.41, 5.74) is 0.904. The van der Waals surface area contributed by atoms with Gasteiger partial charge in [-0.05, 0) is 50.2 Å². The fourth-order valence-electron chi connectivity index (χ4n) is 3.56. The third kappa shape index (κ3) is 6.58. The van der Waals surface area contributed by atoms with Crippen molar-refractivity contribution in [2.24, 2.45) is 0 Å². The van der Waals surface area contributed by atoms with Crippen molar-refractivity contribution in [3.63, 3.8) is 0 Å². The van der Waals surface area contributed by atoms with Crippen molar-refractivity contribution in [2.75, 3.05) is 65.6 Å². The second-order valence-corrected chi connectivity index (χ2v) is 7.34. The number of nitrogens with one attached hydrogen (secondary N) is 1. The topological polar surface area (TPSA) is 71.1 Å². The van der Waals surface area contributed by atoms with Crippen molar-refractivity contribution < 1.29 is 19.1 Å². The molecule has 0 bridgehead atoms. The Morgan fingerprint density at radius 3 is 1.71 bits per heavy atom. The summed E-state index contributed by atoms with van der Waals surface area (Å²) in [4.78, 5) is 28.9. The number of benzene rings is 1. The monoisotopic (exact) mass is 389 g/mol. The second kappa shape index (κ2) is 11.1. The van der Waals surface area contributed by atoms with E-state index in [-0.39, 0.29) is 11.9 Å². The molecule has 28 heavy (non-hydrogen) atoms. The highest BCUT2D eigenvalue weighted by atomic mass is 16.5. The maximum atomic E-state index is 12.1. The Morgan fingerprint density at radius 1 is 0.750 bits per heavy atom. The lowest BCUT2D eigenvalue weighted by atomic mass is 10.1. The van der Waals surface area contributed by atoms with Crippen molar-refractivity contribution >= 4 is 11.9 Å². The van der Waals surface area contributed by atoms with Crippen molar-refractivity contribution in [3.8, 4) is 0 Å². The van der Waals surface area contributed by atoms with E-state index in [4.69, 9.17) is 9.47 Å². The lowest BCUT2D eigenvalue weighted by molar-refractivity contribution is 0.0440. The number of ether oxygens (including phenoxy) is 2. The van der Waals surface area contributed by atoms with Crippen LogP contribution in [0.1, 0.15) is 40.0 Å². The average Bonchev–Trinajstić information content (AvgIpc) is 2.75. The molecule has 0 amide bonds. The van der Waals surface area contributed by atoms with Crippen LogP contribution in [0.4, 0.5) is 0 Å².